The summed E-state index contributed by atoms with van der Waals surface area (Å²) in [6.45, 7) is 12.1. The Bertz CT molecular complexity index is 608. The Morgan fingerprint density at radius 1 is 1.10 bits per heavy atom. The SMILES string of the molecule is Cc1cc(C)c(/C=C2\N=C(C(C)(C)C)OC2=O)c(C)c1. The normalized spacial score (nSPS) is 17.4. The molecule has 0 fully saturated rings. The minimum Gasteiger partial charge on any atom is -0.406 e. The molecule has 0 bridgehead atoms. The summed E-state index contributed by atoms with van der Waals surface area (Å²) >= 11 is 0. The van der Waals surface area contributed by atoms with E-state index in [9.17, 15) is 4.79 Å². The van der Waals surface area contributed by atoms with Gasteiger partial charge in [-0.25, -0.2) is 9.79 Å². The summed E-state index contributed by atoms with van der Waals surface area (Å²) in [6.07, 6.45) is 1.82. The van der Waals surface area contributed by atoms with Crippen molar-refractivity contribution in [2.45, 2.75) is 41.5 Å². The molecule has 1 aromatic carbocycles. The number of esters is 1. The summed E-state index contributed by atoms with van der Waals surface area (Å²) in [5.74, 6) is 0.116. The molecule has 0 N–H and O–H groups in total. The van der Waals surface area contributed by atoms with E-state index >= 15 is 0 Å². The monoisotopic (exact) mass is 271 g/mol. The summed E-state index contributed by atoms with van der Waals surface area (Å²) in [5.41, 5.74) is 4.66. The number of aliphatic imine (C=N–C) groups is 1. The van der Waals surface area contributed by atoms with Gasteiger partial charge in [0.2, 0.25) is 5.90 Å². The topological polar surface area (TPSA) is 38.7 Å². The predicted octanol–water partition coefficient (Wildman–Crippen LogP) is 3.95. The second-order valence-electron chi connectivity index (χ2n) is 6.40. The quantitative estimate of drug-likeness (QED) is 0.573. The lowest BCUT2D eigenvalue weighted by Gasteiger charge is -2.15. The molecule has 3 heteroatoms. The molecular weight excluding hydrogens is 250 g/mol. The van der Waals surface area contributed by atoms with E-state index in [0.29, 0.717) is 11.6 Å². The van der Waals surface area contributed by atoms with Crippen LogP contribution in [0.1, 0.15) is 43.0 Å². The van der Waals surface area contributed by atoms with Gasteiger partial charge in [0, 0.05) is 5.41 Å². The maximum atomic E-state index is 11.9. The van der Waals surface area contributed by atoms with Gasteiger partial charge in [0.15, 0.2) is 5.70 Å². The van der Waals surface area contributed by atoms with Gasteiger partial charge in [-0.3, -0.25) is 0 Å². The Morgan fingerprint density at radius 3 is 2.10 bits per heavy atom. The molecule has 1 aromatic rings. The number of ether oxygens (including phenoxy) is 1. The van der Waals surface area contributed by atoms with Crippen molar-refractivity contribution < 1.29 is 9.53 Å². The molecule has 1 heterocycles. The molecule has 1 aliphatic rings. The van der Waals surface area contributed by atoms with Crippen LogP contribution in [-0.4, -0.2) is 11.9 Å². The Kier molecular flexibility index (Phi) is 3.55. The third kappa shape index (κ3) is 2.82. The number of hydrogen-bond acceptors (Lipinski definition) is 3. The first-order valence-corrected chi connectivity index (χ1v) is 6.79. The standard InChI is InChI=1S/C17H21NO2/c1-10-7-11(2)13(12(3)8-10)9-14-15(19)20-16(18-14)17(4,5)6/h7-9H,1-6H3/b14-9-. The Morgan fingerprint density at radius 2 is 1.65 bits per heavy atom. The van der Waals surface area contributed by atoms with E-state index in [4.69, 9.17) is 4.74 Å². The second-order valence-corrected chi connectivity index (χ2v) is 6.40. The molecule has 2 rings (SSSR count). The van der Waals surface area contributed by atoms with Crippen LogP contribution in [0.4, 0.5) is 0 Å². The van der Waals surface area contributed by atoms with E-state index in [2.05, 4.69) is 24.0 Å². The highest BCUT2D eigenvalue weighted by Gasteiger charge is 2.31. The first-order chi connectivity index (χ1) is 9.18. The van der Waals surface area contributed by atoms with Crippen LogP contribution in [0.25, 0.3) is 6.08 Å². The van der Waals surface area contributed by atoms with Gasteiger partial charge >= 0.3 is 5.97 Å². The van der Waals surface area contributed by atoms with E-state index in [1.54, 1.807) is 0 Å². The number of rotatable bonds is 1. The fourth-order valence-corrected chi connectivity index (χ4v) is 2.29. The van der Waals surface area contributed by atoms with Crippen molar-refractivity contribution in [3.63, 3.8) is 0 Å². The molecule has 0 unspecified atom stereocenters. The number of cyclic esters (lactones) is 1. The molecule has 0 saturated carbocycles. The Balaban J connectivity index is 2.47. The Hall–Kier alpha value is -1.90. The lowest BCUT2D eigenvalue weighted by Crippen LogP contribution is -2.21. The van der Waals surface area contributed by atoms with Gasteiger partial charge in [-0.1, -0.05) is 38.5 Å². The van der Waals surface area contributed by atoms with E-state index in [1.165, 1.54) is 5.56 Å². The van der Waals surface area contributed by atoms with Gasteiger partial charge in [0.1, 0.15) is 0 Å². The van der Waals surface area contributed by atoms with E-state index in [1.807, 2.05) is 40.7 Å². The molecule has 0 atom stereocenters. The van der Waals surface area contributed by atoms with Crippen LogP contribution < -0.4 is 0 Å². The van der Waals surface area contributed by atoms with Crippen molar-refractivity contribution in [1.29, 1.82) is 0 Å². The first-order valence-electron chi connectivity index (χ1n) is 6.79. The number of aryl methyl sites for hydroxylation is 3. The minimum atomic E-state index is -0.366. The second kappa shape index (κ2) is 4.89. The van der Waals surface area contributed by atoms with Gasteiger partial charge in [0.05, 0.1) is 0 Å². The number of carbonyl (C=O) groups excluding carboxylic acids is 1. The molecule has 0 radical (unpaired) electrons. The van der Waals surface area contributed by atoms with Crippen molar-refractivity contribution in [3.8, 4) is 0 Å². The van der Waals surface area contributed by atoms with Crippen LogP contribution >= 0.6 is 0 Å². The summed E-state index contributed by atoms with van der Waals surface area (Å²) in [7, 11) is 0. The summed E-state index contributed by atoms with van der Waals surface area (Å²) in [5, 5.41) is 0. The average Bonchev–Trinajstić information content (AvgIpc) is 2.65. The molecule has 3 nitrogen and oxygen atoms in total. The predicted molar refractivity (Wildman–Crippen MR) is 81.6 cm³/mol. The highest BCUT2D eigenvalue weighted by atomic mass is 16.6. The fraction of sp³-hybridized carbons (Fsp3) is 0.412. The zero-order chi connectivity index (χ0) is 15.1. The van der Waals surface area contributed by atoms with Gasteiger partial charge in [-0.2, -0.15) is 0 Å². The molecular formula is C17H21NO2. The lowest BCUT2D eigenvalue weighted by atomic mass is 9.97. The van der Waals surface area contributed by atoms with E-state index < -0.39 is 0 Å². The lowest BCUT2D eigenvalue weighted by molar-refractivity contribution is -0.130. The highest BCUT2D eigenvalue weighted by Crippen LogP contribution is 2.27. The molecule has 0 aromatic heterocycles. The third-order valence-electron chi connectivity index (χ3n) is 3.28. The van der Waals surface area contributed by atoms with Crippen LogP contribution in [0, 0.1) is 26.2 Å². The van der Waals surface area contributed by atoms with Crippen LogP contribution in [0.3, 0.4) is 0 Å². The number of carbonyl (C=O) groups is 1. The van der Waals surface area contributed by atoms with Crippen molar-refractivity contribution >= 4 is 17.9 Å². The van der Waals surface area contributed by atoms with Crippen molar-refractivity contribution in [1.82, 2.24) is 0 Å². The zero-order valence-electron chi connectivity index (χ0n) is 13.0. The van der Waals surface area contributed by atoms with Gasteiger partial charge in [0.25, 0.3) is 0 Å². The highest BCUT2D eigenvalue weighted by molar-refractivity contribution is 6.08. The summed E-state index contributed by atoms with van der Waals surface area (Å²) < 4.78 is 5.26. The first kappa shape index (κ1) is 14.5. The fourth-order valence-electron chi connectivity index (χ4n) is 2.29. The van der Waals surface area contributed by atoms with E-state index in [-0.39, 0.29) is 11.4 Å². The largest absolute Gasteiger partial charge is 0.406 e. The van der Waals surface area contributed by atoms with Crippen molar-refractivity contribution in [3.05, 3.63) is 40.1 Å². The van der Waals surface area contributed by atoms with Crippen LogP contribution in [0.2, 0.25) is 0 Å². The third-order valence-corrected chi connectivity index (χ3v) is 3.28. The summed E-state index contributed by atoms with van der Waals surface area (Å²) in [6, 6.07) is 4.21. The average molecular weight is 271 g/mol. The molecule has 0 aliphatic carbocycles. The van der Waals surface area contributed by atoms with E-state index in [0.717, 1.165) is 16.7 Å². The molecule has 20 heavy (non-hydrogen) atoms. The van der Waals surface area contributed by atoms with Gasteiger partial charge in [-0.05, 0) is 43.5 Å². The molecule has 0 amide bonds. The maximum Gasteiger partial charge on any atom is 0.363 e. The molecule has 0 saturated heterocycles. The zero-order valence-corrected chi connectivity index (χ0v) is 13.0. The molecule has 1 aliphatic heterocycles. The van der Waals surface area contributed by atoms with Crippen LogP contribution in [0.15, 0.2) is 22.8 Å². The number of benzene rings is 1. The maximum absolute atomic E-state index is 11.9. The number of hydrogen-bond donors (Lipinski definition) is 0. The molecule has 0 spiro atoms. The van der Waals surface area contributed by atoms with Crippen LogP contribution in [0.5, 0.6) is 0 Å². The van der Waals surface area contributed by atoms with Crippen LogP contribution in [-0.2, 0) is 9.53 Å². The van der Waals surface area contributed by atoms with Crippen molar-refractivity contribution in [2.24, 2.45) is 10.4 Å². The van der Waals surface area contributed by atoms with Gasteiger partial charge in [-0.15, -0.1) is 0 Å². The van der Waals surface area contributed by atoms with Crippen molar-refractivity contribution in [2.75, 3.05) is 0 Å². The molecule has 106 valence electrons. The van der Waals surface area contributed by atoms with Gasteiger partial charge < -0.3 is 4.74 Å². The Labute approximate surface area is 120 Å². The minimum absolute atomic E-state index is 0.261. The number of nitrogens with zero attached hydrogens (tertiary/aromatic N) is 1. The summed E-state index contributed by atoms with van der Waals surface area (Å²) in [4.78, 5) is 16.3. The smallest absolute Gasteiger partial charge is 0.363 e.